The molecule has 0 bridgehead atoms. The lowest BCUT2D eigenvalue weighted by molar-refractivity contribution is -0.123. The molecular formula is C13H24Cl2N4O2S. The molecule has 1 fully saturated rings. The molecule has 1 amide bonds. The number of amides is 1. The van der Waals surface area contributed by atoms with Crippen LogP contribution < -0.4 is 16.0 Å². The molecule has 0 aromatic carbocycles. The molecule has 0 radical (unpaired) electrons. The number of carbonyl (C=O) groups excluding carboxylic acids is 1. The number of rotatable bonds is 7. The molecule has 128 valence electrons. The predicted octanol–water partition coefficient (Wildman–Crippen LogP) is 1.22. The molecule has 0 spiro atoms. The minimum absolute atomic E-state index is 0. The summed E-state index contributed by atoms with van der Waals surface area (Å²) in [4.78, 5) is 18.5. The molecule has 1 unspecified atom stereocenters. The van der Waals surface area contributed by atoms with E-state index in [1.807, 2.05) is 0 Å². The highest BCUT2D eigenvalue weighted by atomic mass is 35.5. The van der Waals surface area contributed by atoms with Crippen molar-refractivity contribution in [2.75, 3.05) is 38.3 Å². The van der Waals surface area contributed by atoms with Gasteiger partial charge in [0.2, 0.25) is 5.91 Å². The molecule has 3 N–H and O–H groups in total. The highest BCUT2D eigenvalue weighted by Gasteiger charge is 2.16. The normalized spacial score (nSPS) is 14.9. The number of methoxy groups -OCH3 is 1. The molecule has 22 heavy (non-hydrogen) atoms. The first-order valence-electron chi connectivity index (χ1n) is 6.92. The van der Waals surface area contributed by atoms with Crippen molar-refractivity contribution in [3.8, 4) is 0 Å². The Balaban J connectivity index is 0.00000220. The fraction of sp³-hybridized carbons (Fsp3) is 0.692. The van der Waals surface area contributed by atoms with Crippen LogP contribution in [0.15, 0.2) is 5.38 Å². The predicted molar refractivity (Wildman–Crippen MR) is 94.6 cm³/mol. The van der Waals surface area contributed by atoms with Gasteiger partial charge in [0.25, 0.3) is 0 Å². The van der Waals surface area contributed by atoms with E-state index in [-0.39, 0.29) is 37.3 Å². The largest absolute Gasteiger partial charge is 0.383 e. The van der Waals surface area contributed by atoms with E-state index < -0.39 is 6.04 Å². The smallest absolute Gasteiger partial charge is 0.239 e. The Labute approximate surface area is 147 Å². The van der Waals surface area contributed by atoms with Crippen LogP contribution in [0.1, 0.15) is 18.5 Å². The Kier molecular flexibility index (Phi) is 10.7. The van der Waals surface area contributed by atoms with Crippen LogP contribution in [-0.4, -0.2) is 50.3 Å². The molecule has 2 heterocycles. The van der Waals surface area contributed by atoms with E-state index in [0.29, 0.717) is 6.54 Å². The first-order valence-corrected chi connectivity index (χ1v) is 7.80. The van der Waals surface area contributed by atoms with Crippen LogP contribution in [0.5, 0.6) is 0 Å². The molecule has 0 aliphatic carbocycles. The number of aromatic nitrogens is 1. The fourth-order valence-electron chi connectivity index (χ4n) is 2.16. The average molecular weight is 371 g/mol. The van der Waals surface area contributed by atoms with Gasteiger partial charge in [-0.2, -0.15) is 0 Å². The molecule has 9 heteroatoms. The quantitative estimate of drug-likeness (QED) is 0.753. The van der Waals surface area contributed by atoms with E-state index >= 15 is 0 Å². The lowest BCUT2D eigenvalue weighted by atomic mass is 10.3. The molecule has 1 aromatic heterocycles. The van der Waals surface area contributed by atoms with Crippen molar-refractivity contribution in [1.82, 2.24) is 10.3 Å². The monoisotopic (exact) mass is 370 g/mol. The maximum absolute atomic E-state index is 11.6. The van der Waals surface area contributed by atoms with Crippen molar-refractivity contribution >= 4 is 47.2 Å². The van der Waals surface area contributed by atoms with Gasteiger partial charge in [-0.3, -0.25) is 4.79 Å². The second kappa shape index (κ2) is 11.0. The second-order valence-electron chi connectivity index (χ2n) is 4.92. The zero-order valence-corrected chi connectivity index (χ0v) is 15.1. The Morgan fingerprint density at radius 3 is 2.82 bits per heavy atom. The number of thiazole rings is 1. The number of nitrogens with two attached hydrogens (primary N) is 1. The summed E-state index contributed by atoms with van der Waals surface area (Å²) >= 11 is 1.68. The lowest BCUT2D eigenvalue weighted by Crippen LogP contribution is -2.44. The highest BCUT2D eigenvalue weighted by Crippen LogP contribution is 2.24. The van der Waals surface area contributed by atoms with Gasteiger partial charge in [-0.25, -0.2) is 4.98 Å². The maximum Gasteiger partial charge on any atom is 0.239 e. The standard InChI is InChI=1S/C13H22N4O2S.2ClH/c1-19-8-11(14)12(18)15-5-4-10-9-20-13(16-10)17-6-2-3-7-17;;/h9,11H,2-8,14H2,1H3,(H,15,18);2*1H. The van der Waals surface area contributed by atoms with Crippen LogP contribution in [0.3, 0.4) is 0 Å². The Morgan fingerprint density at radius 1 is 1.50 bits per heavy atom. The van der Waals surface area contributed by atoms with E-state index in [4.69, 9.17) is 10.5 Å². The van der Waals surface area contributed by atoms with Crippen molar-refractivity contribution < 1.29 is 9.53 Å². The van der Waals surface area contributed by atoms with Gasteiger partial charge in [0.15, 0.2) is 5.13 Å². The molecule has 1 atom stereocenters. The molecular weight excluding hydrogens is 347 g/mol. The SMILES string of the molecule is COCC(N)C(=O)NCCc1csc(N2CCCC2)n1.Cl.Cl. The Morgan fingerprint density at radius 2 is 2.18 bits per heavy atom. The number of hydrogen-bond acceptors (Lipinski definition) is 6. The average Bonchev–Trinajstić information content (AvgIpc) is 3.09. The van der Waals surface area contributed by atoms with Crippen LogP contribution in [0.2, 0.25) is 0 Å². The van der Waals surface area contributed by atoms with E-state index in [1.165, 1.54) is 20.0 Å². The number of nitrogens with one attached hydrogen (secondary N) is 1. The molecule has 1 aromatic rings. The first kappa shape index (κ1) is 21.4. The number of anilines is 1. The van der Waals surface area contributed by atoms with Gasteiger partial charge in [-0.05, 0) is 12.8 Å². The maximum atomic E-state index is 11.6. The van der Waals surface area contributed by atoms with Crippen LogP contribution in [0.4, 0.5) is 5.13 Å². The van der Waals surface area contributed by atoms with Crippen molar-refractivity contribution in [3.05, 3.63) is 11.1 Å². The minimum Gasteiger partial charge on any atom is -0.383 e. The molecule has 0 saturated carbocycles. The van der Waals surface area contributed by atoms with Gasteiger partial charge in [0.05, 0.1) is 12.3 Å². The second-order valence-corrected chi connectivity index (χ2v) is 5.75. The summed E-state index contributed by atoms with van der Waals surface area (Å²) in [7, 11) is 1.53. The van der Waals surface area contributed by atoms with E-state index in [2.05, 4.69) is 20.6 Å². The zero-order valence-electron chi connectivity index (χ0n) is 12.6. The summed E-state index contributed by atoms with van der Waals surface area (Å²) in [6.07, 6.45) is 3.24. The first-order chi connectivity index (χ1) is 9.70. The molecule has 1 aliphatic rings. The lowest BCUT2D eigenvalue weighted by Gasteiger charge is -2.12. The van der Waals surface area contributed by atoms with Crippen molar-refractivity contribution in [2.45, 2.75) is 25.3 Å². The molecule has 1 aliphatic heterocycles. The van der Waals surface area contributed by atoms with Gasteiger partial charge in [-0.1, -0.05) is 0 Å². The van der Waals surface area contributed by atoms with Gasteiger partial charge < -0.3 is 20.7 Å². The fourth-order valence-corrected chi connectivity index (χ4v) is 3.08. The van der Waals surface area contributed by atoms with Crippen LogP contribution >= 0.6 is 36.2 Å². The van der Waals surface area contributed by atoms with E-state index in [9.17, 15) is 4.79 Å². The van der Waals surface area contributed by atoms with Crippen LogP contribution in [0, 0.1) is 0 Å². The third-order valence-corrected chi connectivity index (χ3v) is 4.23. The Hall–Kier alpha value is -0.600. The summed E-state index contributed by atoms with van der Waals surface area (Å²) in [6.45, 7) is 3.01. The third kappa shape index (κ3) is 6.26. The number of hydrogen-bond donors (Lipinski definition) is 2. The third-order valence-electron chi connectivity index (χ3n) is 3.28. The summed E-state index contributed by atoms with van der Waals surface area (Å²) in [6, 6.07) is -0.601. The van der Waals surface area contributed by atoms with E-state index in [1.54, 1.807) is 11.3 Å². The number of halogens is 2. The zero-order chi connectivity index (χ0) is 14.4. The molecule has 2 rings (SSSR count). The van der Waals surface area contributed by atoms with Gasteiger partial charge in [-0.15, -0.1) is 36.2 Å². The van der Waals surface area contributed by atoms with Gasteiger partial charge >= 0.3 is 0 Å². The van der Waals surface area contributed by atoms with Crippen LogP contribution in [0.25, 0.3) is 0 Å². The summed E-state index contributed by atoms with van der Waals surface area (Å²) in [5.74, 6) is -0.179. The van der Waals surface area contributed by atoms with Gasteiger partial charge in [0, 0.05) is 38.5 Å². The summed E-state index contributed by atoms with van der Waals surface area (Å²) in [5, 5.41) is 5.96. The van der Waals surface area contributed by atoms with Crippen molar-refractivity contribution in [1.29, 1.82) is 0 Å². The van der Waals surface area contributed by atoms with Crippen molar-refractivity contribution in [3.63, 3.8) is 0 Å². The minimum atomic E-state index is -0.601. The van der Waals surface area contributed by atoms with Gasteiger partial charge in [0.1, 0.15) is 6.04 Å². The van der Waals surface area contributed by atoms with Crippen LogP contribution in [-0.2, 0) is 16.0 Å². The highest BCUT2D eigenvalue weighted by molar-refractivity contribution is 7.13. The number of ether oxygens (including phenoxy) is 1. The Bertz CT molecular complexity index is 441. The number of carbonyl (C=O) groups is 1. The summed E-state index contributed by atoms with van der Waals surface area (Å²) in [5.41, 5.74) is 6.66. The van der Waals surface area contributed by atoms with E-state index in [0.717, 1.165) is 30.3 Å². The number of nitrogens with zero attached hydrogens (tertiary/aromatic N) is 2. The van der Waals surface area contributed by atoms with Crippen molar-refractivity contribution in [2.24, 2.45) is 5.73 Å². The topological polar surface area (TPSA) is 80.5 Å². The molecule has 1 saturated heterocycles. The molecule has 6 nitrogen and oxygen atoms in total. The summed E-state index contributed by atoms with van der Waals surface area (Å²) < 4.78 is 4.85.